The van der Waals surface area contributed by atoms with E-state index in [0.717, 1.165) is 16.3 Å². The van der Waals surface area contributed by atoms with Gasteiger partial charge in [0.05, 0.1) is 11.4 Å². The Morgan fingerprint density at radius 1 is 1.14 bits per heavy atom. The van der Waals surface area contributed by atoms with Gasteiger partial charge in [-0.2, -0.15) is 0 Å². The highest BCUT2D eigenvalue weighted by atomic mass is 32.2. The Labute approximate surface area is 129 Å². The van der Waals surface area contributed by atoms with Crippen LogP contribution in [0.1, 0.15) is 24.2 Å². The first-order valence-corrected chi connectivity index (χ1v) is 7.91. The zero-order valence-electron chi connectivity index (χ0n) is 12.1. The van der Waals surface area contributed by atoms with E-state index >= 15 is 0 Å². The van der Waals surface area contributed by atoms with Crippen LogP contribution in [0.25, 0.3) is 0 Å². The third-order valence-corrected chi connectivity index (χ3v) is 4.44. The number of rotatable bonds is 3. The van der Waals surface area contributed by atoms with Crippen molar-refractivity contribution in [1.82, 2.24) is 5.32 Å². The Morgan fingerprint density at radius 3 is 2.71 bits per heavy atom. The van der Waals surface area contributed by atoms with E-state index in [1.165, 1.54) is 4.90 Å². The third kappa shape index (κ3) is 3.05. The molecule has 108 valence electrons. The van der Waals surface area contributed by atoms with Gasteiger partial charge in [-0.05, 0) is 36.2 Å². The Morgan fingerprint density at radius 2 is 1.90 bits per heavy atom. The number of amides is 1. The molecule has 0 unspecified atom stereocenters. The molecule has 3 rings (SSSR count). The van der Waals surface area contributed by atoms with E-state index < -0.39 is 0 Å². The third-order valence-electron chi connectivity index (χ3n) is 3.29. The Kier molecular flexibility index (Phi) is 3.88. The maximum atomic E-state index is 12.1. The monoisotopic (exact) mass is 298 g/mol. The summed E-state index contributed by atoms with van der Waals surface area (Å²) in [6.45, 7) is 4.87. The van der Waals surface area contributed by atoms with Crippen LogP contribution in [0, 0.1) is 5.92 Å². The molecule has 0 saturated carbocycles. The van der Waals surface area contributed by atoms with E-state index in [9.17, 15) is 4.79 Å². The van der Waals surface area contributed by atoms with Gasteiger partial charge in [0.15, 0.2) is 0 Å². The minimum absolute atomic E-state index is 0.0165. The average Bonchev–Trinajstić information content (AvgIpc) is 2.50. The quantitative estimate of drug-likeness (QED) is 0.758. The van der Waals surface area contributed by atoms with Gasteiger partial charge in [-0.25, -0.2) is 0 Å². The van der Waals surface area contributed by atoms with Gasteiger partial charge in [-0.15, -0.1) is 0 Å². The molecule has 0 aliphatic carbocycles. The van der Waals surface area contributed by atoms with Crippen LogP contribution in [0.5, 0.6) is 0 Å². The number of nitrogens with one attached hydrogen (secondary N) is 2. The van der Waals surface area contributed by atoms with Crippen molar-refractivity contribution < 1.29 is 4.79 Å². The zero-order valence-corrected chi connectivity index (χ0v) is 13.0. The van der Waals surface area contributed by atoms with Crippen LogP contribution >= 0.6 is 11.8 Å². The normalized spacial score (nSPS) is 12.3. The van der Waals surface area contributed by atoms with Crippen LogP contribution in [-0.4, -0.2) is 12.5 Å². The molecule has 0 radical (unpaired) electrons. The smallest absolute Gasteiger partial charge is 0.251 e. The largest absolute Gasteiger partial charge is 0.354 e. The Hall–Kier alpha value is -1.94. The van der Waals surface area contributed by atoms with Crippen molar-refractivity contribution in [3.63, 3.8) is 0 Å². The number of anilines is 2. The second kappa shape index (κ2) is 5.82. The lowest BCUT2D eigenvalue weighted by molar-refractivity contribution is 0.0949. The Balaban J connectivity index is 1.82. The number of hydrogen-bond donors (Lipinski definition) is 2. The van der Waals surface area contributed by atoms with Crippen LogP contribution in [0.3, 0.4) is 0 Å². The fourth-order valence-corrected chi connectivity index (χ4v) is 3.15. The molecule has 0 aromatic heterocycles. The summed E-state index contributed by atoms with van der Waals surface area (Å²) in [5.74, 6) is 0.435. The van der Waals surface area contributed by atoms with E-state index in [2.05, 4.69) is 36.6 Å². The van der Waals surface area contributed by atoms with Crippen molar-refractivity contribution in [2.45, 2.75) is 23.6 Å². The van der Waals surface area contributed by atoms with E-state index in [4.69, 9.17) is 0 Å². The Bertz CT molecular complexity index is 682. The molecule has 3 nitrogen and oxygen atoms in total. The van der Waals surface area contributed by atoms with Crippen LogP contribution in [0.2, 0.25) is 0 Å². The summed E-state index contributed by atoms with van der Waals surface area (Å²) >= 11 is 1.73. The number of para-hydroxylation sites is 1. The molecule has 2 aromatic carbocycles. The summed E-state index contributed by atoms with van der Waals surface area (Å²) in [7, 11) is 0. The van der Waals surface area contributed by atoms with Crippen molar-refractivity contribution in [1.29, 1.82) is 0 Å². The molecule has 0 fully saturated rings. The standard InChI is InChI=1S/C17H18N2OS/c1-11(2)10-18-17(20)12-7-8-16-14(9-12)19-13-5-3-4-6-15(13)21-16/h3-9,11,19H,10H2,1-2H3,(H,18,20). The molecule has 1 aliphatic rings. The highest BCUT2D eigenvalue weighted by Crippen LogP contribution is 2.44. The molecule has 2 aromatic rings. The SMILES string of the molecule is CC(C)CNC(=O)c1ccc2c(c1)Nc1ccccc1S2. The number of carbonyl (C=O) groups excluding carboxylic acids is 1. The lowest BCUT2D eigenvalue weighted by Gasteiger charge is -2.21. The van der Waals surface area contributed by atoms with Gasteiger partial charge >= 0.3 is 0 Å². The first kappa shape index (κ1) is 14.0. The lowest BCUT2D eigenvalue weighted by atomic mass is 10.1. The second-order valence-corrected chi connectivity index (χ2v) is 6.62. The summed E-state index contributed by atoms with van der Waals surface area (Å²) in [5, 5.41) is 6.35. The lowest BCUT2D eigenvalue weighted by Crippen LogP contribution is -2.27. The van der Waals surface area contributed by atoms with E-state index in [-0.39, 0.29) is 5.91 Å². The van der Waals surface area contributed by atoms with Gasteiger partial charge in [0.25, 0.3) is 5.91 Å². The van der Waals surface area contributed by atoms with Crippen LogP contribution in [0.4, 0.5) is 11.4 Å². The molecule has 2 N–H and O–H groups in total. The fourth-order valence-electron chi connectivity index (χ4n) is 2.18. The summed E-state index contributed by atoms with van der Waals surface area (Å²) < 4.78 is 0. The molecule has 0 atom stereocenters. The maximum absolute atomic E-state index is 12.1. The molecular formula is C17H18N2OS. The first-order chi connectivity index (χ1) is 10.1. The second-order valence-electron chi connectivity index (χ2n) is 5.54. The predicted molar refractivity (Wildman–Crippen MR) is 87.5 cm³/mol. The van der Waals surface area contributed by atoms with Crippen LogP contribution in [-0.2, 0) is 0 Å². The number of carbonyl (C=O) groups is 1. The van der Waals surface area contributed by atoms with Crippen LogP contribution < -0.4 is 10.6 Å². The van der Waals surface area contributed by atoms with Gasteiger partial charge in [-0.1, -0.05) is 37.7 Å². The maximum Gasteiger partial charge on any atom is 0.251 e. The predicted octanol–water partition coefficient (Wildman–Crippen LogP) is 4.28. The number of benzene rings is 2. The van der Waals surface area contributed by atoms with Gasteiger partial charge in [0.1, 0.15) is 0 Å². The highest BCUT2D eigenvalue weighted by Gasteiger charge is 2.17. The zero-order chi connectivity index (χ0) is 14.8. The van der Waals surface area contributed by atoms with Gasteiger partial charge in [0.2, 0.25) is 0 Å². The van der Waals surface area contributed by atoms with Crippen molar-refractivity contribution in [3.05, 3.63) is 48.0 Å². The summed E-state index contributed by atoms with van der Waals surface area (Å²) in [6.07, 6.45) is 0. The molecular weight excluding hydrogens is 280 g/mol. The van der Waals surface area contributed by atoms with Crippen molar-refractivity contribution >= 4 is 29.0 Å². The average molecular weight is 298 g/mol. The summed E-state index contributed by atoms with van der Waals surface area (Å²) in [5.41, 5.74) is 2.78. The fraction of sp³-hybridized carbons (Fsp3) is 0.235. The minimum Gasteiger partial charge on any atom is -0.354 e. The van der Waals surface area contributed by atoms with Gasteiger partial charge in [0, 0.05) is 21.9 Å². The van der Waals surface area contributed by atoms with E-state index in [1.807, 2.05) is 30.3 Å². The molecule has 1 aliphatic heterocycles. The van der Waals surface area contributed by atoms with Crippen molar-refractivity contribution in [2.24, 2.45) is 5.92 Å². The number of hydrogen-bond acceptors (Lipinski definition) is 3. The van der Waals surface area contributed by atoms with E-state index in [1.54, 1.807) is 11.8 Å². The molecule has 1 amide bonds. The molecule has 0 bridgehead atoms. The minimum atomic E-state index is -0.0165. The molecule has 21 heavy (non-hydrogen) atoms. The summed E-state index contributed by atoms with van der Waals surface area (Å²) in [4.78, 5) is 14.5. The van der Waals surface area contributed by atoms with Crippen molar-refractivity contribution in [2.75, 3.05) is 11.9 Å². The van der Waals surface area contributed by atoms with Gasteiger partial charge < -0.3 is 10.6 Å². The highest BCUT2D eigenvalue weighted by molar-refractivity contribution is 7.99. The molecule has 0 spiro atoms. The van der Waals surface area contributed by atoms with E-state index in [0.29, 0.717) is 18.0 Å². The van der Waals surface area contributed by atoms with Crippen molar-refractivity contribution in [3.8, 4) is 0 Å². The van der Waals surface area contributed by atoms with Crippen LogP contribution in [0.15, 0.2) is 52.3 Å². The summed E-state index contributed by atoms with van der Waals surface area (Å²) in [6, 6.07) is 14.0. The number of fused-ring (bicyclic) bond motifs is 2. The topological polar surface area (TPSA) is 41.1 Å². The molecule has 0 saturated heterocycles. The molecule has 4 heteroatoms. The molecule has 1 heterocycles. The van der Waals surface area contributed by atoms with Gasteiger partial charge in [-0.3, -0.25) is 4.79 Å². The first-order valence-electron chi connectivity index (χ1n) is 7.09.